The molecule has 3 amide bonds. The minimum absolute atomic E-state index is 0.0843. The number of benzene rings is 1. The molecule has 1 aliphatic rings. The van der Waals surface area contributed by atoms with Gasteiger partial charge in [-0.25, -0.2) is 9.78 Å². The third-order valence-corrected chi connectivity index (χ3v) is 7.48. The average molecular weight is 714 g/mol. The van der Waals surface area contributed by atoms with E-state index in [2.05, 4.69) is 29.6 Å². The molecule has 1 aliphatic heterocycles. The molecule has 1 aromatic carbocycles. The molecule has 0 radical (unpaired) electrons. The molecule has 0 unspecified atom stereocenters. The zero-order valence-electron chi connectivity index (χ0n) is 26.5. The largest absolute Gasteiger partial charge is 0.480 e. The molecule has 3 rings (SSSR count). The second-order valence-corrected chi connectivity index (χ2v) is 12.3. The number of carbonyl (C=O) groups is 3. The quantitative estimate of drug-likeness (QED) is 0.0657. The predicted molar refractivity (Wildman–Crippen MR) is 172 cm³/mol. The Balaban J connectivity index is 1.55. The van der Waals surface area contributed by atoms with Crippen molar-refractivity contribution in [3.8, 4) is 0 Å². The van der Waals surface area contributed by atoms with Gasteiger partial charge in [0.15, 0.2) is 0 Å². The van der Waals surface area contributed by atoms with Gasteiger partial charge in [-0.3, -0.25) is 33.8 Å². The van der Waals surface area contributed by atoms with Crippen molar-refractivity contribution < 1.29 is 57.1 Å². The number of ether oxygens (including phenoxy) is 1. The topological polar surface area (TPSA) is 243 Å². The average Bonchev–Trinajstić information content (AvgIpc) is 3.01. The molecule has 0 bridgehead atoms. The molecule has 0 saturated carbocycles. The van der Waals surface area contributed by atoms with Crippen molar-refractivity contribution in [3.63, 3.8) is 0 Å². The number of amides is 3. The summed E-state index contributed by atoms with van der Waals surface area (Å²) in [6.45, 7) is 5.59. The summed E-state index contributed by atoms with van der Waals surface area (Å²) in [7, 11) is -6.69. The Hall–Kier alpha value is -2.93. The van der Waals surface area contributed by atoms with Gasteiger partial charge in [0, 0.05) is 51.7 Å². The number of nitrogens with zero attached hydrogens (tertiary/aromatic N) is 3. The van der Waals surface area contributed by atoms with E-state index in [1.165, 1.54) is 18.6 Å². The van der Waals surface area contributed by atoms with Crippen LogP contribution in [0.5, 0.6) is 0 Å². The molecule has 2 atom stereocenters. The van der Waals surface area contributed by atoms with Crippen LogP contribution in [0, 0.1) is 5.92 Å². The highest BCUT2D eigenvalue weighted by Crippen LogP contribution is 2.33. The van der Waals surface area contributed by atoms with E-state index >= 15 is 0 Å². The van der Waals surface area contributed by atoms with Crippen LogP contribution in [-0.2, 0) is 34.3 Å². The lowest BCUT2D eigenvalue weighted by atomic mass is 9.73. The second kappa shape index (κ2) is 21.2. The van der Waals surface area contributed by atoms with Gasteiger partial charge in [0.2, 0.25) is 5.91 Å². The van der Waals surface area contributed by atoms with E-state index in [4.69, 9.17) is 33.6 Å². The van der Waals surface area contributed by atoms with Gasteiger partial charge in [0.25, 0.3) is 12.3 Å². The number of nitrogens with one attached hydrogen (secondary N) is 3. The van der Waals surface area contributed by atoms with Gasteiger partial charge in [0.05, 0.1) is 12.1 Å². The summed E-state index contributed by atoms with van der Waals surface area (Å²) in [5.41, 5.74) is 0.939. The first-order valence-electron chi connectivity index (χ1n) is 15.0. The summed E-state index contributed by atoms with van der Waals surface area (Å²) in [6, 6.07) is 8.40. The molecule has 0 aliphatic carbocycles. The Morgan fingerprint density at radius 3 is 2.23 bits per heavy atom. The third-order valence-electron chi connectivity index (χ3n) is 6.72. The van der Waals surface area contributed by atoms with Crippen LogP contribution in [0.25, 0.3) is 0 Å². The summed E-state index contributed by atoms with van der Waals surface area (Å²) in [5, 5.41) is 7.81. The van der Waals surface area contributed by atoms with E-state index in [1.807, 2.05) is 54.4 Å². The van der Waals surface area contributed by atoms with Crippen LogP contribution < -0.4 is 16.0 Å². The van der Waals surface area contributed by atoms with E-state index in [1.54, 1.807) is 0 Å². The van der Waals surface area contributed by atoms with E-state index in [-0.39, 0.29) is 44.4 Å². The Labute approximate surface area is 280 Å². The number of carbonyl (C=O) groups excluding carboxylic acids is 3. The van der Waals surface area contributed by atoms with Gasteiger partial charge in [-0.1, -0.05) is 44.2 Å². The van der Waals surface area contributed by atoms with Crippen molar-refractivity contribution in [3.05, 3.63) is 60.2 Å². The lowest BCUT2D eigenvalue weighted by molar-refractivity contribution is -0.123. The molecule has 1 aromatic heterocycles. The van der Waals surface area contributed by atoms with Crippen LogP contribution in [0.3, 0.4) is 0 Å². The lowest BCUT2D eigenvalue weighted by Crippen LogP contribution is -2.57. The van der Waals surface area contributed by atoms with E-state index < -0.39 is 60.6 Å². The van der Waals surface area contributed by atoms with Crippen molar-refractivity contribution in [1.29, 1.82) is 0 Å². The maximum absolute atomic E-state index is 13.7. The van der Waals surface area contributed by atoms with Gasteiger partial charge in [-0.2, -0.15) is 0 Å². The van der Waals surface area contributed by atoms with Gasteiger partial charge in [-0.05, 0) is 17.9 Å². The van der Waals surface area contributed by atoms with Gasteiger partial charge < -0.3 is 44.3 Å². The fourth-order valence-corrected chi connectivity index (χ4v) is 5.20. The van der Waals surface area contributed by atoms with Crippen LogP contribution in [0.2, 0.25) is 0 Å². The molecule has 2 aromatic rings. The molecule has 21 heteroatoms. The molecule has 1 fully saturated rings. The number of hydrogen-bond donors (Lipinski definition) is 7. The molecule has 1 saturated heterocycles. The van der Waals surface area contributed by atoms with Crippen LogP contribution in [-0.4, -0.2) is 117 Å². The maximum atomic E-state index is 13.7. The fraction of sp³-hybridized carbons (Fsp3) is 0.519. The SMILES string of the molecule is CC(C)C[C@@H](NC(=O)[C@H](Cc1ccccc1)NC(=O)c1cnccn1)B1OCCN(CCOC(=O)NC(OP(O)O)OP(O)O)CCO1. The molecule has 18 nitrogen and oxygen atoms in total. The van der Waals surface area contributed by atoms with Gasteiger partial charge in [0.1, 0.15) is 18.3 Å². The van der Waals surface area contributed by atoms with Crippen molar-refractivity contribution in [2.75, 3.05) is 39.5 Å². The molecular weight excluding hydrogens is 673 g/mol. The summed E-state index contributed by atoms with van der Waals surface area (Å²) in [4.78, 5) is 84.3. The van der Waals surface area contributed by atoms with Crippen LogP contribution >= 0.6 is 17.2 Å². The number of hydrogen-bond acceptors (Lipinski definition) is 15. The summed E-state index contributed by atoms with van der Waals surface area (Å²) >= 11 is 0. The van der Waals surface area contributed by atoms with Crippen LogP contribution in [0.1, 0.15) is 36.3 Å². The first kappa shape index (κ1) is 39.5. The zero-order chi connectivity index (χ0) is 34.9. The molecule has 7 N–H and O–H groups in total. The fourth-order valence-electron chi connectivity index (χ4n) is 4.60. The molecule has 0 spiro atoms. The lowest BCUT2D eigenvalue weighted by Gasteiger charge is -2.32. The van der Waals surface area contributed by atoms with Gasteiger partial charge in [-0.15, -0.1) is 0 Å². The van der Waals surface area contributed by atoms with Crippen molar-refractivity contribution in [1.82, 2.24) is 30.8 Å². The van der Waals surface area contributed by atoms with E-state index in [9.17, 15) is 14.4 Å². The highest BCUT2D eigenvalue weighted by atomic mass is 31.2. The molecule has 48 heavy (non-hydrogen) atoms. The number of rotatable bonds is 17. The number of aromatic nitrogens is 2. The van der Waals surface area contributed by atoms with Crippen LogP contribution in [0.15, 0.2) is 48.9 Å². The summed E-state index contributed by atoms with van der Waals surface area (Å²) in [5.74, 6) is -1.29. The Morgan fingerprint density at radius 2 is 1.65 bits per heavy atom. The monoisotopic (exact) mass is 714 g/mol. The minimum Gasteiger partial charge on any atom is -0.448 e. The van der Waals surface area contributed by atoms with Crippen molar-refractivity contribution in [2.45, 2.75) is 45.1 Å². The predicted octanol–water partition coefficient (Wildman–Crippen LogP) is 0.191. The smallest absolute Gasteiger partial charge is 0.448 e. The second-order valence-electron chi connectivity index (χ2n) is 10.8. The van der Waals surface area contributed by atoms with E-state index in [0.29, 0.717) is 19.5 Å². The highest BCUT2D eigenvalue weighted by molar-refractivity contribution is 7.40. The molecule has 264 valence electrons. The summed E-state index contributed by atoms with van der Waals surface area (Å²) in [6.07, 6.45) is 2.05. The minimum atomic E-state index is -2.96. The van der Waals surface area contributed by atoms with Crippen molar-refractivity contribution >= 4 is 42.2 Å². The molecule has 2 heterocycles. The maximum Gasteiger partial charge on any atom is 0.480 e. The number of alkyl carbamates (subject to hydrolysis) is 1. The standard InChI is InChI=1S/C27H41BN6O12P2/c1-19(2)16-23(32-24(35)21(17-20-6-4-3-5-7-20)31-25(36)22-18-29-8-9-30-22)28-43-14-11-34(12-15-44-28)10-13-42-26(37)33-27(45-47(38)39)46-48(40)41/h3-9,18-19,21,23,27,38-41H,10-17H2,1-2H3,(H,31,36)(H,32,35)(H,33,37)/t21-,23+/m0/s1. The van der Waals surface area contributed by atoms with Crippen LogP contribution in [0.4, 0.5) is 4.79 Å². The van der Waals surface area contributed by atoms with Crippen molar-refractivity contribution in [2.24, 2.45) is 5.92 Å². The Morgan fingerprint density at radius 1 is 0.979 bits per heavy atom. The zero-order valence-corrected chi connectivity index (χ0v) is 28.2. The van der Waals surface area contributed by atoms with E-state index in [0.717, 1.165) is 5.56 Å². The highest BCUT2D eigenvalue weighted by Gasteiger charge is 2.36. The third kappa shape index (κ3) is 15.1. The summed E-state index contributed by atoms with van der Waals surface area (Å²) < 4.78 is 26.1. The molecular formula is C27H41BN6O12P2. The first-order chi connectivity index (χ1) is 23.0. The Kier molecular flexibility index (Phi) is 17.5. The Bertz CT molecular complexity index is 1240. The van der Waals surface area contributed by atoms with Gasteiger partial charge >= 0.3 is 30.4 Å². The first-order valence-corrected chi connectivity index (χ1v) is 17.3. The normalized spacial score (nSPS) is 15.6.